The van der Waals surface area contributed by atoms with E-state index in [-0.39, 0.29) is 11.4 Å². The van der Waals surface area contributed by atoms with Gasteiger partial charge in [-0.1, -0.05) is 17.7 Å². The molecule has 0 atom stereocenters. The van der Waals surface area contributed by atoms with Gasteiger partial charge < -0.3 is 11.5 Å². The number of primary amides is 1. The summed E-state index contributed by atoms with van der Waals surface area (Å²) in [5, 5.41) is 0. The molecule has 5 nitrogen and oxygen atoms in total. The Labute approximate surface area is 121 Å². The fourth-order valence-corrected chi connectivity index (χ4v) is 2.75. The third kappa shape index (κ3) is 3.27. The highest BCUT2D eigenvalue weighted by molar-refractivity contribution is 7.98. The Morgan fingerprint density at radius 3 is 2.65 bits per heavy atom. The molecule has 0 unspecified atom stereocenters. The standard InChI is InChI=1S/C14H16N4OS/c1-8-4-3-5-10(6-8)20-7-11-17-9(2)12(14(16)19)13(15)18-11/h3-6H,7H2,1-2H3,(H2,16,19)(H2,15,17,18). The Balaban J connectivity index is 2.17. The zero-order valence-electron chi connectivity index (χ0n) is 11.4. The van der Waals surface area contributed by atoms with E-state index in [0.29, 0.717) is 17.3 Å². The zero-order valence-corrected chi connectivity index (χ0v) is 12.2. The van der Waals surface area contributed by atoms with Crippen molar-refractivity contribution >= 4 is 23.5 Å². The number of aromatic nitrogens is 2. The lowest BCUT2D eigenvalue weighted by Gasteiger charge is -2.08. The molecule has 1 heterocycles. The summed E-state index contributed by atoms with van der Waals surface area (Å²) in [4.78, 5) is 20.8. The summed E-state index contributed by atoms with van der Waals surface area (Å²) in [5.74, 6) is 0.729. The monoisotopic (exact) mass is 288 g/mol. The van der Waals surface area contributed by atoms with Crippen molar-refractivity contribution in [3.8, 4) is 0 Å². The lowest BCUT2D eigenvalue weighted by molar-refractivity contribution is 0.1000. The molecule has 104 valence electrons. The maximum Gasteiger partial charge on any atom is 0.254 e. The first-order valence-corrected chi connectivity index (χ1v) is 7.08. The molecular formula is C14H16N4OS. The van der Waals surface area contributed by atoms with Crippen molar-refractivity contribution in [1.29, 1.82) is 0 Å². The number of thioether (sulfide) groups is 1. The maximum atomic E-state index is 11.2. The second kappa shape index (κ2) is 5.92. The first-order chi connectivity index (χ1) is 9.47. The Bertz CT molecular complexity index is 634. The SMILES string of the molecule is Cc1cccc(SCc2nc(C)c(C(N)=O)c(N)n2)c1. The molecule has 0 bridgehead atoms. The van der Waals surface area contributed by atoms with Crippen LogP contribution in [-0.2, 0) is 5.75 Å². The molecule has 0 aliphatic heterocycles. The molecule has 6 heteroatoms. The average molecular weight is 288 g/mol. The molecule has 0 fully saturated rings. The second-order valence-corrected chi connectivity index (χ2v) is 5.50. The predicted molar refractivity (Wildman–Crippen MR) is 80.4 cm³/mol. The third-order valence-corrected chi connectivity index (χ3v) is 3.76. The van der Waals surface area contributed by atoms with Gasteiger partial charge in [0.2, 0.25) is 0 Å². The quantitative estimate of drug-likeness (QED) is 0.840. The van der Waals surface area contributed by atoms with Gasteiger partial charge in [0.25, 0.3) is 5.91 Å². The van der Waals surface area contributed by atoms with E-state index < -0.39 is 5.91 Å². The smallest absolute Gasteiger partial charge is 0.254 e. The number of hydrogen-bond donors (Lipinski definition) is 2. The Kier molecular flexibility index (Phi) is 4.24. The van der Waals surface area contributed by atoms with Crippen molar-refractivity contribution in [1.82, 2.24) is 9.97 Å². The molecule has 1 aromatic heterocycles. The number of nitrogens with two attached hydrogens (primary N) is 2. The van der Waals surface area contributed by atoms with E-state index in [0.717, 1.165) is 4.90 Å². The van der Waals surface area contributed by atoms with Gasteiger partial charge in [-0.05, 0) is 26.0 Å². The van der Waals surface area contributed by atoms with Gasteiger partial charge in [0.15, 0.2) is 0 Å². The second-order valence-electron chi connectivity index (χ2n) is 4.45. The van der Waals surface area contributed by atoms with Crippen LogP contribution in [0.1, 0.15) is 27.4 Å². The van der Waals surface area contributed by atoms with Crippen LogP contribution in [0.2, 0.25) is 0 Å². The molecule has 0 aliphatic rings. The van der Waals surface area contributed by atoms with Gasteiger partial charge in [0.1, 0.15) is 17.2 Å². The molecular weight excluding hydrogens is 272 g/mol. The van der Waals surface area contributed by atoms with Crippen LogP contribution >= 0.6 is 11.8 Å². The van der Waals surface area contributed by atoms with Gasteiger partial charge >= 0.3 is 0 Å². The summed E-state index contributed by atoms with van der Waals surface area (Å²) in [6.07, 6.45) is 0. The van der Waals surface area contributed by atoms with Crippen molar-refractivity contribution in [3.05, 3.63) is 46.9 Å². The van der Waals surface area contributed by atoms with Crippen molar-refractivity contribution in [2.45, 2.75) is 24.5 Å². The molecule has 1 aromatic carbocycles. The van der Waals surface area contributed by atoms with E-state index in [1.54, 1.807) is 18.7 Å². The van der Waals surface area contributed by atoms with Gasteiger partial charge in [0.05, 0.1) is 11.4 Å². The van der Waals surface area contributed by atoms with E-state index in [2.05, 4.69) is 16.0 Å². The first-order valence-electron chi connectivity index (χ1n) is 6.09. The summed E-state index contributed by atoms with van der Waals surface area (Å²) < 4.78 is 0. The van der Waals surface area contributed by atoms with Gasteiger partial charge in [-0.3, -0.25) is 4.79 Å². The van der Waals surface area contributed by atoms with Crippen LogP contribution in [0.3, 0.4) is 0 Å². The van der Waals surface area contributed by atoms with Crippen molar-refractivity contribution in [2.75, 3.05) is 5.73 Å². The van der Waals surface area contributed by atoms with Crippen molar-refractivity contribution < 1.29 is 4.79 Å². The fourth-order valence-electron chi connectivity index (χ4n) is 1.88. The highest BCUT2D eigenvalue weighted by atomic mass is 32.2. The normalized spacial score (nSPS) is 10.5. The number of nitrogen functional groups attached to an aromatic ring is 1. The molecule has 0 saturated carbocycles. The van der Waals surface area contributed by atoms with E-state index >= 15 is 0 Å². The third-order valence-electron chi connectivity index (χ3n) is 2.77. The number of amides is 1. The van der Waals surface area contributed by atoms with Gasteiger partial charge in [-0.2, -0.15) is 0 Å². The van der Waals surface area contributed by atoms with Crippen LogP contribution in [0.4, 0.5) is 5.82 Å². The Morgan fingerprint density at radius 2 is 2.05 bits per heavy atom. The summed E-state index contributed by atoms with van der Waals surface area (Å²) in [7, 11) is 0. The molecule has 1 amide bonds. The number of anilines is 1. The molecule has 4 N–H and O–H groups in total. The molecule has 0 radical (unpaired) electrons. The van der Waals surface area contributed by atoms with E-state index in [4.69, 9.17) is 11.5 Å². The molecule has 0 aliphatic carbocycles. The zero-order chi connectivity index (χ0) is 14.7. The van der Waals surface area contributed by atoms with E-state index in [1.807, 2.05) is 25.1 Å². The van der Waals surface area contributed by atoms with Crippen LogP contribution in [0.5, 0.6) is 0 Å². The highest BCUT2D eigenvalue weighted by Gasteiger charge is 2.14. The minimum Gasteiger partial charge on any atom is -0.383 e. The Morgan fingerprint density at radius 1 is 1.30 bits per heavy atom. The van der Waals surface area contributed by atoms with Crippen LogP contribution < -0.4 is 11.5 Å². The predicted octanol–water partition coefficient (Wildman–Crippen LogP) is 2.07. The van der Waals surface area contributed by atoms with E-state index in [1.165, 1.54) is 5.56 Å². The van der Waals surface area contributed by atoms with E-state index in [9.17, 15) is 4.79 Å². The van der Waals surface area contributed by atoms with Gasteiger partial charge in [0, 0.05) is 4.90 Å². The van der Waals surface area contributed by atoms with Gasteiger partial charge in [-0.15, -0.1) is 11.8 Å². The fraction of sp³-hybridized carbons (Fsp3) is 0.214. The van der Waals surface area contributed by atoms with Crippen molar-refractivity contribution in [3.63, 3.8) is 0 Å². The lowest BCUT2D eigenvalue weighted by Crippen LogP contribution is -2.18. The number of rotatable bonds is 4. The summed E-state index contributed by atoms with van der Waals surface area (Å²) in [5.41, 5.74) is 12.9. The summed E-state index contributed by atoms with van der Waals surface area (Å²) in [6.45, 7) is 3.75. The largest absolute Gasteiger partial charge is 0.383 e. The molecule has 0 spiro atoms. The molecule has 2 rings (SSSR count). The number of carbonyl (C=O) groups excluding carboxylic acids is 1. The minimum atomic E-state index is -0.599. The number of aryl methyl sites for hydroxylation is 2. The average Bonchev–Trinajstić information content (AvgIpc) is 2.35. The summed E-state index contributed by atoms with van der Waals surface area (Å²) >= 11 is 1.62. The van der Waals surface area contributed by atoms with Crippen molar-refractivity contribution in [2.24, 2.45) is 5.73 Å². The molecule has 20 heavy (non-hydrogen) atoms. The summed E-state index contributed by atoms with van der Waals surface area (Å²) in [6, 6.07) is 8.18. The number of carbonyl (C=O) groups is 1. The van der Waals surface area contributed by atoms with Crippen LogP contribution in [0.25, 0.3) is 0 Å². The maximum absolute atomic E-state index is 11.2. The number of benzene rings is 1. The number of hydrogen-bond acceptors (Lipinski definition) is 5. The first kappa shape index (κ1) is 14.3. The molecule has 2 aromatic rings. The highest BCUT2D eigenvalue weighted by Crippen LogP contribution is 2.23. The molecule has 0 saturated heterocycles. The van der Waals surface area contributed by atoms with Crippen LogP contribution in [-0.4, -0.2) is 15.9 Å². The minimum absolute atomic E-state index is 0.143. The van der Waals surface area contributed by atoms with Crippen LogP contribution in [0, 0.1) is 13.8 Å². The van der Waals surface area contributed by atoms with Gasteiger partial charge in [-0.25, -0.2) is 9.97 Å². The Hall–Kier alpha value is -2.08. The topological polar surface area (TPSA) is 94.9 Å². The number of nitrogens with zero attached hydrogens (tertiary/aromatic N) is 2. The lowest BCUT2D eigenvalue weighted by atomic mass is 10.2. The van der Waals surface area contributed by atoms with Crippen LogP contribution in [0.15, 0.2) is 29.2 Å².